The lowest BCUT2D eigenvalue weighted by Crippen LogP contribution is -2.48. The number of rotatable bonds is 5. The largest absolute Gasteiger partial charge is 0.370 e. The highest BCUT2D eigenvalue weighted by molar-refractivity contribution is 5.82. The van der Waals surface area contributed by atoms with E-state index < -0.39 is 0 Å². The molecule has 1 amide bonds. The predicted octanol–water partition coefficient (Wildman–Crippen LogP) is 1.46. The van der Waals surface area contributed by atoms with Crippen molar-refractivity contribution in [2.24, 2.45) is 11.8 Å². The molecule has 2 heterocycles. The number of nitrogens with zero attached hydrogens (tertiary/aromatic N) is 4. The van der Waals surface area contributed by atoms with E-state index in [4.69, 9.17) is 0 Å². The topological polar surface area (TPSA) is 61.4 Å². The fraction of sp³-hybridized carbons (Fsp3) is 0.667. The van der Waals surface area contributed by atoms with E-state index in [1.807, 2.05) is 18.0 Å². The summed E-state index contributed by atoms with van der Waals surface area (Å²) in [5, 5.41) is 3.35. The number of nitrogens with one attached hydrogen (secondary N) is 1. The van der Waals surface area contributed by atoms with E-state index in [9.17, 15) is 4.79 Å². The standard InChI is InChI=1S/C15H25N5O/c1-11(2)12(3)8-16-13-7-14(18-10-17-13)20-6-5-19(4)15(21)9-20/h7,10-12H,5-6,8-9H2,1-4H3,(H,16,17,18). The second-order valence-electron chi connectivity index (χ2n) is 6.10. The van der Waals surface area contributed by atoms with E-state index in [-0.39, 0.29) is 5.91 Å². The Labute approximate surface area is 126 Å². The van der Waals surface area contributed by atoms with Crippen molar-refractivity contribution >= 4 is 17.5 Å². The van der Waals surface area contributed by atoms with Gasteiger partial charge in [-0.1, -0.05) is 20.8 Å². The molecule has 2 rings (SSSR count). The highest BCUT2D eigenvalue weighted by Crippen LogP contribution is 2.17. The lowest BCUT2D eigenvalue weighted by molar-refractivity contribution is -0.129. The van der Waals surface area contributed by atoms with Crippen molar-refractivity contribution in [1.82, 2.24) is 14.9 Å². The third kappa shape index (κ3) is 4.06. The normalized spacial score (nSPS) is 17.3. The van der Waals surface area contributed by atoms with E-state index in [1.165, 1.54) is 0 Å². The zero-order valence-electron chi connectivity index (χ0n) is 13.3. The Morgan fingerprint density at radius 2 is 2.05 bits per heavy atom. The second kappa shape index (κ2) is 6.74. The van der Waals surface area contributed by atoms with Crippen LogP contribution in [0.1, 0.15) is 20.8 Å². The third-order valence-corrected chi connectivity index (χ3v) is 4.18. The first kappa shape index (κ1) is 15.5. The van der Waals surface area contributed by atoms with Crippen molar-refractivity contribution in [3.8, 4) is 0 Å². The maximum absolute atomic E-state index is 11.8. The van der Waals surface area contributed by atoms with Gasteiger partial charge in [-0.3, -0.25) is 4.79 Å². The van der Waals surface area contributed by atoms with Gasteiger partial charge in [0, 0.05) is 32.7 Å². The molecule has 0 spiro atoms. The molecule has 0 radical (unpaired) electrons. The van der Waals surface area contributed by atoms with Crippen LogP contribution in [0.2, 0.25) is 0 Å². The minimum Gasteiger partial charge on any atom is -0.370 e. The van der Waals surface area contributed by atoms with Gasteiger partial charge in [0.05, 0.1) is 6.54 Å². The summed E-state index contributed by atoms with van der Waals surface area (Å²) < 4.78 is 0. The predicted molar refractivity (Wildman–Crippen MR) is 84.4 cm³/mol. The van der Waals surface area contributed by atoms with Crippen LogP contribution in [-0.2, 0) is 4.79 Å². The molecule has 1 aromatic heterocycles. The molecule has 1 unspecified atom stereocenters. The Balaban J connectivity index is 1.99. The quantitative estimate of drug-likeness (QED) is 0.890. The van der Waals surface area contributed by atoms with Gasteiger partial charge in [-0.05, 0) is 11.8 Å². The Kier molecular flexibility index (Phi) is 4.98. The zero-order valence-corrected chi connectivity index (χ0v) is 13.3. The maximum Gasteiger partial charge on any atom is 0.241 e. The molecule has 0 aliphatic carbocycles. The van der Waals surface area contributed by atoms with E-state index in [2.05, 4.69) is 36.1 Å². The Bertz CT molecular complexity index is 491. The summed E-state index contributed by atoms with van der Waals surface area (Å²) >= 11 is 0. The van der Waals surface area contributed by atoms with Crippen molar-refractivity contribution in [1.29, 1.82) is 0 Å². The molecule has 0 saturated carbocycles. The summed E-state index contributed by atoms with van der Waals surface area (Å²) in [6.45, 7) is 9.46. The van der Waals surface area contributed by atoms with Gasteiger partial charge in [0.2, 0.25) is 5.91 Å². The van der Waals surface area contributed by atoms with Crippen LogP contribution in [0.4, 0.5) is 11.6 Å². The fourth-order valence-corrected chi connectivity index (χ4v) is 2.07. The molecule has 6 nitrogen and oxygen atoms in total. The number of hydrogen-bond donors (Lipinski definition) is 1. The summed E-state index contributed by atoms with van der Waals surface area (Å²) in [6.07, 6.45) is 1.56. The van der Waals surface area contributed by atoms with Crippen LogP contribution < -0.4 is 10.2 Å². The number of amides is 1. The van der Waals surface area contributed by atoms with E-state index in [0.29, 0.717) is 18.4 Å². The van der Waals surface area contributed by atoms with Crippen LogP contribution in [0.5, 0.6) is 0 Å². The van der Waals surface area contributed by atoms with Gasteiger partial charge < -0.3 is 15.1 Å². The van der Waals surface area contributed by atoms with Gasteiger partial charge in [-0.15, -0.1) is 0 Å². The van der Waals surface area contributed by atoms with Gasteiger partial charge in [0.1, 0.15) is 18.0 Å². The van der Waals surface area contributed by atoms with Crippen LogP contribution >= 0.6 is 0 Å². The van der Waals surface area contributed by atoms with Crippen molar-refractivity contribution in [2.75, 3.05) is 43.4 Å². The highest BCUT2D eigenvalue weighted by atomic mass is 16.2. The molecule has 1 fully saturated rings. The molecule has 1 saturated heterocycles. The van der Waals surface area contributed by atoms with E-state index in [0.717, 1.165) is 31.3 Å². The Morgan fingerprint density at radius 3 is 2.71 bits per heavy atom. The first-order valence-electron chi connectivity index (χ1n) is 7.52. The fourth-order valence-electron chi connectivity index (χ4n) is 2.07. The molecule has 0 bridgehead atoms. The zero-order chi connectivity index (χ0) is 15.4. The summed E-state index contributed by atoms with van der Waals surface area (Å²) in [7, 11) is 1.83. The van der Waals surface area contributed by atoms with E-state index in [1.54, 1.807) is 11.2 Å². The van der Waals surface area contributed by atoms with Crippen LogP contribution in [0.25, 0.3) is 0 Å². The van der Waals surface area contributed by atoms with Crippen LogP contribution in [0.3, 0.4) is 0 Å². The van der Waals surface area contributed by atoms with Gasteiger partial charge >= 0.3 is 0 Å². The molecule has 1 aromatic rings. The van der Waals surface area contributed by atoms with Gasteiger partial charge in [0.15, 0.2) is 0 Å². The van der Waals surface area contributed by atoms with Gasteiger partial charge in [-0.2, -0.15) is 0 Å². The lowest BCUT2D eigenvalue weighted by atomic mass is 9.98. The van der Waals surface area contributed by atoms with Crippen LogP contribution in [0, 0.1) is 11.8 Å². The summed E-state index contributed by atoms with van der Waals surface area (Å²) in [5.41, 5.74) is 0. The molecule has 21 heavy (non-hydrogen) atoms. The number of likely N-dealkylation sites (N-methyl/N-ethyl adjacent to an activating group) is 1. The summed E-state index contributed by atoms with van der Waals surface area (Å²) in [5.74, 6) is 2.97. The average Bonchev–Trinajstić information content (AvgIpc) is 2.47. The third-order valence-electron chi connectivity index (χ3n) is 4.18. The number of carbonyl (C=O) groups excluding carboxylic acids is 1. The second-order valence-corrected chi connectivity index (χ2v) is 6.10. The van der Waals surface area contributed by atoms with Crippen LogP contribution in [-0.4, -0.2) is 54.0 Å². The number of piperazine rings is 1. The first-order valence-corrected chi connectivity index (χ1v) is 7.52. The number of anilines is 2. The first-order chi connectivity index (χ1) is 9.97. The molecule has 1 aliphatic heterocycles. The van der Waals surface area contributed by atoms with Crippen molar-refractivity contribution < 1.29 is 4.79 Å². The Morgan fingerprint density at radius 1 is 1.29 bits per heavy atom. The monoisotopic (exact) mass is 291 g/mol. The molecule has 116 valence electrons. The molecule has 6 heteroatoms. The molecule has 0 aromatic carbocycles. The maximum atomic E-state index is 11.8. The van der Waals surface area contributed by atoms with Crippen LogP contribution in [0.15, 0.2) is 12.4 Å². The number of aromatic nitrogens is 2. The van der Waals surface area contributed by atoms with Crippen molar-refractivity contribution in [3.05, 3.63) is 12.4 Å². The molecule has 1 atom stereocenters. The van der Waals surface area contributed by atoms with Gasteiger partial charge in [-0.25, -0.2) is 9.97 Å². The highest BCUT2D eigenvalue weighted by Gasteiger charge is 2.22. The minimum absolute atomic E-state index is 0.128. The average molecular weight is 291 g/mol. The van der Waals surface area contributed by atoms with E-state index >= 15 is 0 Å². The SMILES string of the molecule is CC(C)C(C)CNc1cc(N2CCN(C)C(=O)C2)ncn1. The van der Waals surface area contributed by atoms with Crippen molar-refractivity contribution in [2.45, 2.75) is 20.8 Å². The molecule has 1 aliphatic rings. The summed E-state index contributed by atoms with van der Waals surface area (Å²) in [6, 6.07) is 1.92. The lowest BCUT2D eigenvalue weighted by Gasteiger charge is -2.32. The minimum atomic E-state index is 0.128. The Hall–Kier alpha value is -1.85. The molecule has 1 N–H and O–H groups in total. The molecular formula is C15H25N5O. The number of hydrogen-bond acceptors (Lipinski definition) is 5. The van der Waals surface area contributed by atoms with Crippen molar-refractivity contribution in [3.63, 3.8) is 0 Å². The number of carbonyl (C=O) groups is 1. The summed E-state index contributed by atoms with van der Waals surface area (Å²) in [4.78, 5) is 24.1. The van der Waals surface area contributed by atoms with Gasteiger partial charge in [0.25, 0.3) is 0 Å². The smallest absolute Gasteiger partial charge is 0.241 e. The molecular weight excluding hydrogens is 266 g/mol.